The number of benzene rings is 3. The molecule has 1 heterocycles. The van der Waals surface area contributed by atoms with E-state index in [0.717, 1.165) is 40.4 Å². The molecule has 0 N–H and O–H groups in total. The highest BCUT2D eigenvalue weighted by Gasteiger charge is 2.27. The average molecular weight is 374 g/mol. The Bertz CT molecular complexity index is 906. The molecule has 0 saturated carbocycles. The molecule has 3 heteroatoms. The SMILES string of the molecule is CC1Cc2c(OCc3ccccc3)cc(OCc3ccccc3)cc2OC1C. The molecule has 0 bridgehead atoms. The summed E-state index contributed by atoms with van der Waals surface area (Å²) in [6, 6.07) is 24.4. The minimum atomic E-state index is 0.179. The van der Waals surface area contributed by atoms with E-state index in [1.54, 1.807) is 0 Å². The molecular formula is C25H26O3. The monoisotopic (exact) mass is 374 g/mol. The van der Waals surface area contributed by atoms with Crippen molar-refractivity contribution in [2.75, 3.05) is 0 Å². The largest absolute Gasteiger partial charge is 0.490 e. The average Bonchev–Trinajstić information content (AvgIpc) is 2.73. The second kappa shape index (κ2) is 8.39. The third-order valence-corrected chi connectivity index (χ3v) is 5.27. The molecule has 3 aromatic carbocycles. The van der Waals surface area contributed by atoms with Crippen LogP contribution in [0.25, 0.3) is 0 Å². The Labute approximate surface area is 166 Å². The van der Waals surface area contributed by atoms with E-state index in [1.807, 2.05) is 48.5 Å². The van der Waals surface area contributed by atoms with Crippen LogP contribution in [0, 0.1) is 5.92 Å². The molecule has 4 rings (SSSR count). The smallest absolute Gasteiger partial charge is 0.130 e. The van der Waals surface area contributed by atoms with Gasteiger partial charge in [0.1, 0.15) is 30.5 Å². The zero-order valence-electron chi connectivity index (χ0n) is 16.4. The van der Waals surface area contributed by atoms with Gasteiger partial charge in [-0.1, -0.05) is 67.6 Å². The molecule has 144 valence electrons. The van der Waals surface area contributed by atoms with Crippen molar-refractivity contribution in [1.82, 2.24) is 0 Å². The van der Waals surface area contributed by atoms with Crippen LogP contribution in [0.2, 0.25) is 0 Å². The van der Waals surface area contributed by atoms with E-state index >= 15 is 0 Å². The highest BCUT2D eigenvalue weighted by molar-refractivity contribution is 5.52. The van der Waals surface area contributed by atoms with Gasteiger partial charge < -0.3 is 14.2 Å². The Balaban J connectivity index is 1.57. The van der Waals surface area contributed by atoms with Crippen LogP contribution in [-0.2, 0) is 19.6 Å². The van der Waals surface area contributed by atoms with Gasteiger partial charge in [0, 0.05) is 17.7 Å². The van der Waals surface area contributed by atoms with E-state index < -0.39 is 0 Å². The standard InChI is InChI=1S/C25H26O3/c1-18-13-23-24(27-17-21-11-7-4-8-12-21)14-22(15-25(23)28-19(18)2)26-16-20-9-5-3-6-10-20/h3-12,14-15,18-19H,13,16-17H2,1-2H3. The summed E-state index contributed by atoms with van der Waals surface area (Å²) >= 11 is 0. The second-order valence-electron chi connectivity index (χ2n) is 7.45. The van der Waals surface area contributed by atoms with E-state index in [9.17, 15) is 0 Å². The molecule has 28 heavy (non-hydrogen) atoms. The molecule has 1 aliphatic rings. The number of hydrogen-bond donors (Lipinski definition) is 0. The van der Waals surface area contributed by atoms with E-state index in [-0.39, 0.29) is 6.10 Å². The maximum atomic E-state index is 6.21. The lowest BCUT2D eigenvalue weighted by atomic mass is 9.92. The highest BCUT2D eigenvalue weighted by atomic mass is 16.5. The highest BCUT2D eigenvalue weighted by Crippen LogP contribution is 2.41. The van der Waals surface area contributed by atoms with Gasteiger partial charge in [0.15, 0.2) is 0 Å². The summed E-state index contributed by atoms with van der Waals surface area (Å²) < 4.78 is 18.4. The van der Waals surface area contributed by atoms with Crippen molar-refractivity contribution in [3.05, 3.63) is 89.5 Å². The molecule has 0 saturated heterocycles. The lowest BCUT2D eigenvalue weighted by Crippen LogP contribution is -2.28. The molecule has 3 nitrogen and oxygen atoms in total. The van der Waals surface area contributed by atoms with Crippen molar-refractivity contribution in [2.24, 2.45) is 5.92 Å². The van der Waals surface area contributed by atoms with Crippen LogP contribution < -0.4 is 14.2 Å². The Morgan fingerprint density at radius 3 is 2.07 bits per heavy atom. The first-order valence-electron chi connectivity index (χ1n) is 9.86. The summed E-state index contributed by atoms with van der Waals surface area (Å²) in [4.78, 5) is 0. The van der Waals surface area contributed by atoms with Gasteiger partial charge in [0.05, 0.1) is 6.10 Å². The van der Waals surface area contributed by atoms with Gasteiger partial charge in [0.2, 0.25) is 0 Å². The van der Waals surface area contributed by atoms with Crippen molar-refractivity contribution in [2.45, 2.75) is 39.6 Å². The molecule has 0 fully saturated rings. The van der Waals surface area contributed by atoms with Crippen LogP contribution in [0.3, 0.4) is 0 Å². The van der Waals surface area contributed by atoms with Crippen LogP contribution in [0.15, 0.2) is 72.8 Å². The van der Waals surface area contributed by atoms with Gasteiger partial charge in [-0.05, 0) is 30.4 Å². The number of ether oxygens (including phenoxy) is 3. The van der Waals surface area contributed by atoms with Crippen LogP contribution in [0.4, 0.5) is 0 Å². The van der Waals surface area contributed by atoms with Gasteiger partial charge in [-0.3, -0.25) is 0 Å². The normalized spacial score (nSPS) is 18.1. The molecule has 0 aromatic heterocycles. The number of hydrogen-bond acceptors (Lipinski definition) is 3. The lowest BCUT2D eigenvalue weighted by molar-refractivity contribution is 0.135. The van der Waals surface area contributed by atoms with Gasteiger partial charge in [-0.25, -0.2) is 0 Å². The van der Waals surface area contributed by atoms with E-state index in [1.165, 1.54) is 0 Å². The van der Waals surface area contributed by atoms with Gasteiger partial charge in [-0.15, -0.1) is 0 Å². The Hall–Kier alpha value is -2.94. The Morgan fingerprint density at radius 2 is 1.43 bits per heavy atom. The van der Waals surface area contributed by atoms with Crippen LogP contribution in [0.1, 0.15) is 30.5 Å². The molecule has 0 spiro atoms. The van der Waals surface area contributed by atoms with Gasteiger partial charge in [0.25, 0.3) is 0 Å². The van der Waals surface area contributed by atoms with Crippen molar-refractivity contribution in [3.63, 3.8) is 0 Å². The summed E-state index contributed by atoms with van der Waals surface area (Å²) in [6.45, 7) is 5.38. The predicted octanol–water partition coefficient (Wildman–Crippen LogP) is 5.80. The summed E-state index contributed by atoms with van der Waals surface area (Å²) in [6.07, 6.45) is 1.12. The van der Waals surface area contributed by atoms with Crippen molar-refractivity contribution in [1.29, 1.82) is 0 Å². The molecular weight excluding hydrogens is 348 g/mol. The van der Waals surface area contributed by atoms with Gasteiger partial charge >= 0.3 is 0 Å². The zero-order chi connectivity index (χ0) is 19.3. The minimum absolute atomic E-state index is 0.179. The summed E-state index contributed by atoms with van der Waals surface area (Å²) in [5.41, 5.74) is 3.41. The van der Waals surface area contributed by atoms with Crippen molar-refractivity contribution >= 4 is 0 Å². The fourth-order valence-corrected chi connectivity index (χ4v) is 3.39. The summed E-state index contributed by atoms with van der Waals surface area (Å²) in [7, 11) is 0. The van der Waals surface area contributed by atoms with Crippen molar-refractivity contribution in [3.8, 4) is 17.2 Å². The molecule has 0 radical (unpaired) electrons. The lowest BCUT2D eigenvalue weighted by Gasteiger charge is -2.30. The molecule has 2 atom stereocenters. The fourth-order valence-electron chi connectivity index (χ4n) is 3.39. The topological polar surface area (TPSA) is 27.7 Å². The van der Waals surface area contributed by atoms with Crippen LogP contribution >= 0.6 is 0 Å². The predicted molar refractivity (Wildman–Crippen MR) is 111 cm³/mol. The third-order valence-electron chi connectivity index (χ3n) is 5.27. The first-order chi connectivity index (χ1) is 13.7. The quantitative estimate of drug-likeness (QED) is 0.545. The minimum Gasteiger partial charge on any atom is -0.490 e. The maximum Gasteiger partial charge on any atom is 0.130 e. The van der Waals surface area contributed by atoms with Crippen molar-refractivity contribution < 1.29 is 14.2 Å². The molecule has 3 aromatic rings. The molecule has 0 amide bonds. The van der Waals surface area contributed by atoms with E-state index in [4.69, 9.17) is 14.2 Å². The zero-order valence-corrected chi connectivity index (χ0v) is 16.4. The van der Waals surface area contributed by atoms with Crippen LogP contribution in [-0.4, -0.2) is 6.10 Å². The number of fused-ring (bicyclic) bond motifs is 1. The molecule has 0 aliphatic carbocycles. The van der Waals surface area contributed by atoms with E-state index in [2.05, 4.69) is 38.1 Å². The number of rotatable bonds is 6. The first kappa shape index (κ1) is 18.4. The summed E-state index contributed by atoms with van der Waals surface area (Å²) in [5, 5.41) is 0. The fraction of sp³-hybridized carbons (Fsp3) is 0.280. The summed E-state index contributed by atoms with van der Waals surface area (Å²) in [5.74, 6) is 2.94. The Kier molecular flexibility index (Phi) is 5.52. The molecule has 1 aliphatic heterocycles. The second-order valence-corrected chi connectivity index (χ2v) is 7.45. The van der Waals surface area contributed by atoms with Gasteiger partial charge in [-0.2, -0.15) is 0 Å². The maximum absolute atomic E-state index is 6.21. The Morgan fingerprint density at radius 1 is 0.821 bits per heavy atom. The van der Waals surface area contributed by atoms with Crippen LogP contribution in [0.5, 0.6) is 17.2 Å². The van der Waals surface area contributed by atoms with E-state index in [0.29, 0.717) is 19.1 Å². The third kappa shape index (κ3) is 4.30. The first-order valence-corrected chi connectivity index (χ1v) is 9.86. The molecule has 2 unspecified atom stereocenters.